The molecule has 0 amide bonds. The molecule has 2 aliphatic rings. The van der Waals surface area contributed by atoms with Crippen LogP contribution < -0.4 is 4.74 Å². The van der Waals surface area contributed by atoms with Gasteiger partial charge >= 0.3 is 0 Å². The van der Waals surface area contributed by atoms with Gasteiger partial charge in [-0.25, -0.2) is 0 Å². The lowest BCUT2D eigenvalue weighted by Gasteiger charge is -2.37. The van der Waals surface area contributed by atoms with Gasteiger partial charge in [0.1, 0.15) is 11.9 Å². The van der Waals surface area contributed by atoms with E-state index in [9.17, 15) is 13.0 Å². The molecule has 2 aromatic rings. The number of halogens is 2. The molecule has 4 rings (SSSR count). The number of hydrogen-bond acceptors (Lipinski definition) is 5. The summed E-state index contributed by atoms with van der Waals surface area (Å²) in [6.07, 6.45) is 4.29. The first-order valence-electron chi connectivity index (χ1n) is 11.8. The van der Waals surface area contributed by atoms with Crippen LogP contribution >= 0.6 is 23.2 Å². The summed E-state index contributed by atoms with van der Waals surface area (Å²) in [6.45, 7) is 7.41. The average molecular weight is 528 g/mol. The van der Waals surface area contributed by atoms with Crippen LogP contribution in [0.1, 0.15) is 36.8 Å². The molecular formula is C25H32Cl2N2O4S. The van der Waals surface area contributed by atoms with Crippen LogP contribution in [0.25, 0.3) is 0 Å². The maximum atomic E-state index is 11.6. The Balaban J connectivity index is 1.21. The first kappa shape index (κ1) is 25.7. The fourth-order valence-corrected chi connectivity index (χ4v) is 6.07. The van der Waals surface area contributed by atoms with Gasteiger partial charge in [-0.3, -0.25) is 9.45 Å². The van der Waals surface area contributed by atoms with Crippen LogP contribution in [0.3, 0.4) is 0 Å². The molecule has 0 unspecified atom stereocenters. The molecule has 2 heterocycles. The van der Waals surface area contributed by atoms with Crippen LogP contribution in [0.4, 0.5) is 0 Å². The zero-order chi connectivity index (χ0) is 24.3. The van der Waals surface area contributed by atoms with Crippen LogP contribution in [0.2, 0.25) is 10.0 Å². The number of benzene rings is 2. The molecule has 0 aromatic heterocycles. The van der Waals surface area contributed by atoms with Crippen molar-refractivity contribution in [3.63, 3.8) is 0 Å². The van der Waals surface area contributed by atoms with Crippen LogP contribution in [-0.4, -0.2) is 61.6 Å². The molecular weight excluding hydrogens is 495 g/mol. The second kappa shape index (κ2) is 11.1. The lowest BCUT2D eigenvalue weighted by molar-refractivity contribution is 0.0772. The summed E-state index contributed by atoms with van der Waals surface area (Å²) in [5.41, 5.74) is 1.51. The summed E-state index contributed by atoms with van der Waals surface area (Å²) in [4.78, 5) is 4.82. The minimum atomic E-state index is -4.20. The summed E-state index contributed by atoms with van der Waals surface area (Å²) < 4.78 is 39.0. The van der Waals surface area contributed by atoms with Crippen molar-refractivity contribution in [3.05, 3.63) is 57.6 Å². The molecule has 186 valence electrons. The Morgan fingerprint density at radius 1 is 0.971 bits per heavy atom. The quantitative estimate of drug-likeness (QED) is 0.493. The molecule has 2 fully saturated rings. The molecule has 1 N–H and O–H groups in total. The van der Waals surface area contributed by atoms with Gasteiger partial charge in [0, 0.05) is 31.2 Å². The predicted molar refractivity (Wildman–Crippen MR) is 136 cm³/mol. The van der Waals surface area contributed by atoms with E-state index < -0.39 is 10.1 Å². The number of hydrogen-bond donors (Lipinski definition) is 1. The third-order valence-electron chi connectivity index (χ3n) is 6.98. The fraction of sp³-hybridized carbons (Fsp3) is 0.520. The summed E-state index contributed by atoms with van der Waals surface area (Å²) in [6, 6.07) is 10.4. The highest BCUT2D eigenvalue weighted by Crippen LogP contribution is 2.34. The molecule has 0 atom stereocenters. The lowest BCUT2D eigenvalue weighted by atomic mass is 9.94. The van der Waals surface area contributed by atoms with E-state index in [0.29, 0.717) is 33.8 Å². The van der Waals surface area contributed by atoms with Gasteiger partial charge < -0.3 is 9.64 Å². The van der Waals surface area contributed by atoms with Crippen molar-refractivity contribution in [3.8, 4) is 5.75 Å². The maximum absolute atomic E-state index is 11.6. The van der Waals surface area contributed by atoms with Crippen molar-refractivity contribution in [2.45, 2.75) is 50.2 Å². The van der Waals surface area contributed by atoms with Gasteiger partial charge in [-0.15, -0.1) is 0 Å². The zero-order valence-corrected chi connectivity index (χ0v) is 21.7. The molecule has 2 aliphatic heterocycles. The largest absolute Gasteiger partial charge is 0.489 e. The van der Waals surface area contributed by atoms with E-state index >= 15 is 0 Å². The van der Waals surface area contributed by atoms with E-state index in [-0.39, 0.29) is 11.0 Å². The first-order valence-corrected chi connectivity index (χ1v) is 14.0. The maximum Gasteiger partial charge on any atom is 0.294 e. The third-order valence-corrected chi connectivity index (χ3v) is 8.81. The highest BCUT2D eigenvalue weighted by atomic mass is 35.5. The average Bonchev–Trinajstić information content (AvgIpc) is 2.81. The molecule has 6 nitrogen and oxygen atoms in total. The smallest absolute Gasteiger partial charge is 0.294 e. The molecule has 2 aromatic carbocycles. The second-order valence-electron chi connectivity index (χ2n) is 9.40. The highest BCUT2D eigenvalue weighted by molar-refractivity contribution is 7.85. The van der Waals surface area contributed by atoms with Crippen LogP contribution in [0.15, 0.2) is 41.3 Å². The van der Waals surface area contributed by atoms with Crippen molar-refractivity contribution >= 4 is 33.3 Å². The highest BCUT2D eigenvalue weighted by Gasteiger charge is 2.27. The van der Waals surface area contributed by atoms with Gasteiger partial charge in [-0.1, -0.05) is 41.4 Å². The topological polar surface area (TPSA) is 70.1 Å². The SMILES string of the molecule is Cc1c(Cl)ccc(OC2CCN(CC3CCN(Cc4ccccc4S(=O)(=O)O)CC3)CC2)c1Cl. The van der Waals surface area contributed by atoms with Gasteiger partial charge in [0.15, 0.2) is 0 Å². The van der Waals surface area contributed by atoms with Gasteiger partial charge in [-0.2, -0.15) is 8.42 Å². The number of likely N-dealkylation sites (tertiary alicyclic amines) is 2. The van der Waals surface area contributed by atoms with Gasteiger partial charge in [0.25, 0.3) is 10.1 Å². The molecule has 2 saturated heterocycles. The van der Waals surface area contributed by atoms with Crippen molar-refractivity contribution < 1.29 is 17.7 Å². The van der Waals surface area contributed by atoms with E-state index in [0.717, 1.165) is 64.0 Å². The van der Waals surface area contributed by atoms with E-state index in [1.165, 1.54) is 6.07 Å². The Morgan fingerprint density at radius 2 is 1.62 bits per heavy atom. The molecule has 0 spiro atoms. The minimum absolute atomic E-state index is 0.0114. The number of ether oxygens (including phenoxy) is 1. The number of piperidine rings is 2. The zero-order valence-electron chi connectivity index (χ0n) is 19.4. The number of rotatable bonds is 7. The summed E-state index contributed by atoms with van der Waals surface area (Å²) >= 11 is 12.5. The van der Waals surface area contributed by atoms with Crippen molar-refractivity contribution in [1.82, 2.24) is 9.80 Å². The van der Waals surface area contributed by atoms with Crippen LogP contribution in [-0.2, 0) is 16.7 Å². The molecule has 0 bridgehead atoms. The van der Waals surface area contributed by atoms with Gasteiger partial charge in [-0.05, 0) is 80.9 Å². The van der Waals surface area contributed by atoms with E-state index in [1.54, 1.807) is 12.1 Å². The Kier molecular flexibility index (Phi) is 8.44. The molecule has 34 heavy (non-hydrogen) atoms. The third kappa shape index (κ3) is 6.45. The summed E-state index contributed by atoms with van der Waals surface area (Å²) in [7, 11) is -4.20. The van der Waals surface area contributed by atoms with Crippen molar-refractivity contribution in [2.75, 3.05) is 32.7 Å². The Hall–Kier alpha value is -1.35. The van der Waals surface area contributed by atoms with Crippen LogP contribution in [0.5, 0.6) is 5.75 Å². The molecule has 0 aliphatic carbocycles. The first-order chi connectivity index (χ1) is 16.2. The molecule has 0 radical (unpaired) electrons. The Bertz CT molecular complexity index is 1100. The normalized spacial score (nSPS) is 19.4. The standard InChI is InChI=1S/C25H32Cl2N2O4S/c1-18-22(26)6-7-23(25(18)27)33-21-10-14-28(15-11-21)16-19-8-12-29(13-9-19)17-20-4-2-3-5-24(20)34(30,31)32/h2-7,19,21H,8-17H2,1H3,(H,30,31,32). The minimum Gasteiger partial charge on any atom is -0.489 e. The Morgan fingerprint density at radius 3 is 2.29 bits per heavy atom. The predicted octanol–water partition coefficient (Wildman–Crippen LogP) is 5.30. The van der Waals surface area contributed by atoms with E-state index in [1.807, 2.05) is 25.1 Å². The van der Waals surface area contributed by atoms with E-state index in [4.69, 9.17) is 27.9 Å². The van der Waals surface area contributed by atoms with Gasteiger partial charge in [0.05, 0.1) is 9.92 Å². The number of nitrogens with zero attached hydrogens (tertiary/aromatic N) is 2. The van der Waals surface area contributed by atoms with Crippen molar-refractivity contribution in [1.29, 1.82) is 0 Å². The lowest BCUT2D eigenvalue weighted by Crippen LogP contribution is -2.43. The monoisotopic (exact) mass is 526 g/mol. The van der Waals surface area contributed by atoms with Crippen LogP contribution in [0, 0.1) is 12.8 Å². The van der Waals surface area contributed by atoms with Gasteiger partial charge in [0.2, 0.25) is 0 Å². The van der Waals surface area contributed by atoms with E-state index in [2.05, 4.69) is 9.80 Å². The molecule has 0 saturated carbocycles. The second-order valence-corrected chi connectivity index (χ2v) is 11.6. The summed E-state index contributed by atoms with van der Waals surface area (Å²) in [5.74, 6) is 1.35. The fourth-order valence-electron chi connectivity index (χ4n) is 4.94. The Labute approximate surface area is 212 Å². The molecule has 9 heteroatoms. The van der Waals surface area contributed by atoms with Crippen molar-refractivity contribution in [2.24, 2.45) is 5.92 Å². The summed E-state index contributed by atoms with van der Waals surface area (Å²) in [5, 5.41) is 1.25.